The Morgan fingerprint density at radius 2 is 2.06 bits per heavy atom. The van der Waals surface area contributed by atoms with Gasteiger partial charge in [-0.3, -0.25) is 0 Å². The summed E-state index contributed by atoms with van der Waals surface area (Å²) in [6.45, 7) is 12.0. The fraction of sp³-hybridized carbons (Fsp3) is 1.00. The van der Waals surface area contributed by atoms with Gasteiger partial charge in [0.2, 0.25) is 0 Å². The molecular formula is C15H30N2O. The van der Waals surface area contributed by atoms with Gasteiger partial charge in [0.15, 0.2) is 0 Å². The summed E-state index contributed by atoms with van der Waals surface area (Å²) in [4.78, 5) is 2.69. The molecule has 3 heteroatoms. The standard InChI is InChI=1S/C15H30N2O/c1-13(2)15(6-7-16-11-15)12-17-8-4-14(5-9-17)10-18-3/h13-14,16H,4-12H2,1-3H3. The molecule has 2 saturated heterocycles. The average molecular weight is 254 g/mol. The SMILES string of the molecule is COCC1CCN(CC2(C(C)C)CCNC2)CC1. The topological polar surface area (TPSA) is 24.5 Å². The molecule has 0 amide bonds. The number of nitrogens with one attached hydrogen (secondary N) is 1. The molecular weight excluding hydrogens is 224 g/mol. The summed E-state index contributed by atoms with van der Waals surface area (Å²) < 4.78 is 5.28. The molecule has 2 fully saturated rings. The molecule has 106 valence electrons. The lowest BCUT2D eigenvalue weighted by molar-refractivity contribution is 0.0626. The lowest BCUT2D eigenvalue weighted by Gasteiger charge is -2.41. The first kappa shape index (κ1) is 14.3. The quantitative estimate of drug-likeness (QED) is 0.812. The maximum Gasteiger partial charge on any atom is 0.0491 e. The summed E-state index contributed by atoms with van der Waals surface area (Å²) in [6.07, 6.45) is 3.98. The molecule has 0 saturated carbocycles. The second-order valence-corrected chi connectivity index (χ2v) is 6.62. The molecule has 1 atom stereocenters. The van der Waals surface area contributed by atoms with Crippen LogP contribution in [0.25, 0.3) is 0 Å². The zero-order valence-electron chi connectivity index (χ0n) is 12.4. The zero-order valence-corrected chi connectivity index (χ0v) is 12.4. The van der Waals surface area contributed by atoms with E-state index in [1.54, 1.807) is 0 Å². The van der Waals surface area contributed by atoms with Crippen LogP contribution in [0.4, 0.5) is 0 Å². The Kier molecular flexibility index (Phi) is 5.05. The number of ether oxygens (including phenoxy) is 1. The lowest BCUT2D eigenvalue weighted by Crippen LogP contribution is -2.46. The molecule has 0 bridgehead atoms. The van der Waals surface area contributed by atoms with Crippen LogP contribution in [-0.2, 0) is 4.74 Å². The molecule has 2 aliphatic rings. The molecule has 0 aliphatic carbocycles. The van der Waals surface area contributed by atoms with Crippen LogP contribution < -0.4 is 5.32 Å². The van der Waals surface area contributed by atoms with Gasteiger partial charge >= 0.3 is 0 Å². The summed E-state index contributed by atoms with van der Waals surface area (Å²) >= 11 is 0. The molecule has 3 nitrogen and oxygen atoms in total. The van der Waals surface area contributed by atoms with Crippen molar-refractivity contribution >= 4 is 0 Å². The van der Waals surface area contributed by atoms with Crippen molar-refractivity contribution in [3.8, 4) is 0 Å². The number of piperidine rings is 1. The summed E-state index contributed by atoms with van der Waals surface area (Å²) in [5.41, 5.74) is 0.522. The molecule has 0 spiro atoms. The van der Waals surface area contributed by atoms with Crippen molar-refractivity contribution in [2.45, 2.75) is 33.1 Å². The van der Waals surface area contributed by atoms with Gasteiger partial charge in [-0.25, -0.2) is 0 Å². The van der Waals surface area contributed by atoms with Gasteiger partial charge in [0.05, 0.1) is 0 Å². The van der Waals surface area contributed by atoms with Crippen molar-refractivity contribution in [2.75, 3.05) is 46.4 Å². The first-order valence-electron chi connectivity index (χ1n) is 7.58. The van der Waals surface area contributed by atoms with E-state index < -0.39 is 0 Å². The van der Waals surface area contributed by atoms with E-state index in [1.807, 2.05) is 7.11 Å². The zero-order chi connectivity index (χ0) is 13.0. The van der Waals surface area contributed by atoms with Gasteiger partial charge < -0.3 is 15.0 Å². The Bertz CT molecular complexity index is 241. The monoisotopic (exact) mass is 254 g/mol. The molecule has 2 heterocycles. The molecule has 1 unspecified atom stereocenters. The largest absolute Gasteiger partial charge is 0.384 e. The molecule has 0 radical (unpaired) electrons. The normalized spacial score (nSPS) is 31.3. The molecule has 2 rings (SSSR count). The highest BCUT2D eigenvalue weighted by molar-refractivity contribution is 4.93. The molecule has 0 aromatic heterocycles. The third kappa shape index (κ3) is 3.25. The third-order valence-electron chi connectivity index (χ3n) is 5.15. The number of nitrogens with zero attached hydrogens (tertiary/aromatic N) is 1. The van der Waals surface area contributed by atoms with Crippen LogP contribution in [0.1, 0.15) is 33.1 Å². The maximum absolute atomic E-state index is 5.28. The smallest absolute Gasteiger partial charge is 0.0491 e. The van der Waals surface area contributed by atoms with Crippen molar-refractivity contribution in [3.63, 3.8) is 0 Å². The van der Waals surface area contributed by atoms with Gasteiger partial charge in [0.25, 0.3) is 0 Å². The van der Waals surface area contributed by atoms with Crippen LogP contribution in [0.3, 0.4) is 0 Å². The van der Waals surface area contributed by atoms with Gasteiger partial charge in [0.1, 0.15) is 0 Å². The predicted molar refractivity (Wildman–Crippen MR) is 75.8 cm³/mol. The van der Waals surface area contributed by atoms with E-state index >= 15 is 0 Å². The van der Waals surface area contributed by atoms with E-state index in [4.69, 9.17) is 4.74 Å². The first-order chi connectivity index (χ1) is 8.66. The third-order valence-corrected chi connectivity index (χ3v) is 5.15. The second kappa shape index (κ2) is 6.36. The Labute approximate surface area is 112 Å². The molecule has 1 N–H and O–H groups in total. The van der Waals surface area contributed by atoms with Gasteiger partial charge in [-0.15, -0.1) is 0 Å². The number of rotatable bonds is 5. The van der Waals surface area contributed by atoms with Crippen LogP contribution in [0.2, 0.25) is 0 Å². The maximum atomic E-state index is 5.28. The van der Waals surface area contributed by atoms with E-state index in [9.17, 15) is 0 Å². The van der Waals surface area contributed by atoms with Gasteiger partial charge in [0, 0.05) is 26.8 Å². The Morgan fingerprint density at radius 3 is 2.56 bits per heavy atom. The van der Waals surface area contributed by atoms with Crippen molar-refractivity contribution < 1.29 is 4.74 Å². The first-order valence-corrected chi connectivity index (χ1v) is 7.58. The van der Waals surface area contributed by atoms with Crippen molar-refractivity contribution in [3.05, 3.63) is 0 Å². The highest BCUT2D eigenvalue weighted by atomic mass is 16.5. The minimum Gasteiger partial charge on any atom is -0.384 e. The van der Waals surface area contributed by atoms with Crippen molar-refractivity contribution in [1.29, 1.82) is 0 Å². The molecule has 0 aromatic rings. The van der Waals surface area contributed by atoms with Crippen molar-refractivity contribution in [2.24, 2.45) is 17.3 Å². The van der Waals surface area contributed by atoms with E-state index in [-0.39, 0.29) is 0 Å². The number of hydrogen-bond acceptors (Lipinski definition) is 3. The van der Waals surface area contributed by atoms with Gasteiger partial charge in [-0.2, -0.15) is 0 Å². The van der Waals surface area contributed by atoms with E-state index in [0.717, 1.165) is 18.4 Å². The minimum atomic E-state index is 0.522. The highest BCUT2D eigenvalue weighted by Crippen LogP contribution is 2.35. The van der Waals surface area contributed by atoms with E-state index in [1.165, 1.54) is 52.0 Å². The van der Waals surface area contributed by atoms with Crippen LogP contribution >= 0.6 is 0 Å². The Morgan fingerprint density at radius 1 is 1.33 bits per heavy atom. The molecule has 2 aliphatic heterocycles. The van der Waals surface area contributed by atoms with Crippen LogP contribution in [0.15, 0.2) is 0 Å². The number of methoxy groups -OCH3 is 1. The molecule has 18 heavy (non-hydrogen) atoms. The van der Waals surface area contributed by atoms with Crippen molar-refractivity contribution in [1.82, 2.24) is 10.2 Å². The summed E-state index contributed by atoms with van der Waals surface area (Å²) in [5, 5.41) is 3.57. The second-order valence-electron chi connectivity index (χ2n) is 6.62. The van der Waals surface area contributed by atoms with E-state index in [0.29, 0.717) is 5.41 Å². The minimum absolute atomic E-state index is 0.522. The lowest BCUT2D eigenvalue weighted by atomic mass is 9.75. The van der Waals surface area contributed by atoms with Gasteiger partial charge in [-0.1, -0.05) is 13.8 Å². The summed E-state index contributed by atoms with van der Waals surface area (Å²) in [5.74, 6) is 1.58. The van der Waals surface area contributed by atoms with Crippen LogP contribution in [0.5, 0.6) is 0 Å². The number of hydrogen-bond donors (Lipinski definition) is 1. The van der Waals surface area contributed by atoms with E-state index in [2.05, 4.69) is 24.1 Å². The van der Waals surface area contributed by atoms with Gasteiger partial charge in [-0.05, 0) is 56.1 Å². The predicted octanol–water partition coefficient (Wildman–Crippen LogP) is 1.98. The van der Waals surface area contributed by atoms with Crippen LogP contribution in [0, 0.1) is 17.3 Å². The Hall–Kier alpha value is -0.120. The summed E-state index contributed by atoms with van der Waals surface area (Å²) in [6, 6.07) is 0. The van der Waals surface area contributed by atoms with Crippen LogP contribution in [-0.4, -0.2) is 51.3 Å². The Balaban J connectivity index is 1.83. The fourth-order valence-corrected chi connectivity index (χ4v) is 3.57. The fourth-order valence-electron chi connectivity index (χ4n) is 3.57. The average Bonchev–Trinajstić information content (AvgIpc) is 2.82. The summed E-state index contributed by atoms with van der Waals surface area (Å²) in [7, 11) is 1.82. The number of likely N-dealkylation sites (tertiary alicyclic amines) is 1. The highest BCUT2D eigenvalue weighted by Gasteiger charge is 2.38. The molecule has 0 aromatic carbocycles.